The van der Waals surface area contributed by atoms with E-state index < -0.39 is 37.6 Å². The molecule has 148 valence electrons. The maximum absolute atomic E-state index is 14.3. The SMILES string of the molecule is CC(F)C(F)(F)C(F)(F)C(F)(F)C(F)(F)[Si](C)(C)C=Cc1ccccc1. The summed E-state index contributed by atoms with van der Waals surface area (Å²) in [5, 5.41) is 0. The Labute approximate surface area is 145 Å². The first-order valence-corrected chi connectivity index (χ1v) is 10.5. The summed E-state index contributed by atoms with van der Waals surface area (Å²) < 4.78 is 123. The van der Waals surface area contributed by atoms with Crippen LogP contribution in [0.5, 0.6) is 0 Å². The first-order chi connectivity index (χ1) is 11.5. The average molecular weight is 408 g/mol. The highest BCUT2D eigenvalue weighted by Crippen LogP contribution is 2.56. The maximum atomic E-state index is 14.3. The van der Waals surface area contributed by atoms with E-state index >= 15 is 0 Å². The van der Waals surface area contributed by atoms with Crippen molar-refractivity contribution >= 4 is 14.1 Å². The fourth-order valence-electron chi connectivity index (χ4n) is 2.03. The van der Waals surface area contributed by atoms with Crippen molar-refractivity contribution in [3.63, 3.8) is 0 Å². The maximum Gasteiger partial charge on any atom is 0.380 e. The molecule has 0 N–H and O–H groups in total. The lowest BCUT2D eigenvalue weighted by Crippen LogP contribution is -2.70. The van der Waals surface area contributed by atoms with Gasteiger partial charge in [-0.3, -0.25) is 0 Å². The molecule has 0 aliphatic rings. The topological polar surface area (TPSA) is 0 Å². The monoisotopic (exact) mass is 408 g/mol. The van der Waals surface area contributed by atoms with Gasteiger partial charge < -0.3 is 0 Å². The largest absolute Gasteiger partial charge is 0.380 e. The molecule has 10 heteroatoms. The summed E-state index contributed by atoms with van der Waals surface area (Å²) in [7, 11) is -4.67. The molecule has 26 heavy (non-hydrogen) atoms. The lowest BCUT2D eigenvalue weighted by atomic mass is 10.0. The molecule has 0 spiro atoms. The number of benzene rings is 1. The second-order valence-electron chi connectivity index (χ2n) is 6.43. The minimum atomic E-state index is -6.58. The van der Waals surface area contributed by atoms with Gasteiger partial charge in [-0.1, -0.05) is 55.2 Å². The highest BCUT2D eigenvalue weighted by Gasteiger charge is 2.83. The van der Waals surface area contributed by atoms with E-state index in [1.807, 2.05) is 0 Å². The highest BCUT2D eigenvalue weighted by molar-refractivity contribution is 6.85. The zero-order valence-electron chi connectivity index (χ0n) is 14.0. The molecule has 0 aliphatic heterocycles. The van der Waals surface area contributed by atoms with Crippen LogP contribution in [0.15, 0.2) is 36.0 Å². The minimum Gasteiger partial charge on any atom is -0.241 e. The lowest BCUT2D eigenvalue weighted by molar-refractivity contribution is -0.359. The van der Waals surface area contributed by atoms with Crippen molar-refractivity contribution in [1.82, 2.24) is 0 Å². The van der Waals surface area contributed by atoms with Crippen LogP contribution in [0.25, 0.3) is 6.08 Å². The van der Waals surface area contributed by atoms with Gasteiger partial charge in [-0.2, -0.15) is 26.3 Å². The Hall–Kier alpha value is -1.45. The second kappa shape index (κ2) is 6.93. The molecule has 0 nitrogen and oxygen atoms in total. The van der Waals surface area contributed by atoms with Gasteiger partial charge in [0.05, 0.1) is 0 Å². The van der Waals surface area contributed by atoms with Crippen LogP contribution in [0, 0.1) is 0 Å². The third-order valence-electron chi connectivity index (χ3n) is 4.01. The van der Waals surface area contributed by atoms with Crippen LogP contribution in [-0.4, -0.2) is 37.6 Å². The molecule has 1 unspecified atom stereocenters. The molecule has 0 saturated heterocycles. The summed E-state index contributed by atoms with van der Waals surface area (Å²) in [5.74, 6) is -19.0. The van der Waals surface area contributed by atoms with Crippen molar-refractivity contribution in [3.05, 3.63) is 41.6 Å². The Balaban J connectivity index is 3.33. The van der Waals surface area contributed by atoms with E-state index in [1.165, 1.54) is 24.3 Å². The summed E-state index contributed by atoms with van der Waals surface area (Å²) in [6, 6.07) is 7.55. The Kier molecular flexibility index (Phi) is 6.02. The van der Waals surface area contributed by atoms with Crippen LogP contribution in [-0.2, 0) is 0 Å². The molecule has 0 amide bonds. The molecule has 0 heterocycles. The summed E-state index contributed by atoms with van der Waals surface area (Å²) in [6.45, 7) is 1.17. The van der Waals surface area contributed by atoms with Crippen LogP contribution in [0.1, 0.15) is 12.5 Å². The van der Waals surface area contributed by atoms with E-state index in [0.29, 0.717) is 24.4 Å². The molecule has 0 aliphatic carbocycles. The van der Waals surface area contributed by atoms with E-state index in [4.69, 9.17) is 0 Å². The molecule has 0 bridgehead atoms. The van der Waals surface area contributed by atoms with Gasteiger partial charge in [0.2, 0.25) is 0 Å². The normalized spacial score (nSPS) is 16.2. The fourth-order valence-corrected chi connectivity index (χ4v) is 3.82. The predicted molar refractivity (Wildman–Crippen MR) is 83.3 cm³/mol. The Morgan fingerprint density at radius 3 is 1.73 bits per heavy atom. The van der Waals surface area contributed by atoms with Crippen LogP contribution in [0.2, 0.25) is 13.1 Å². The van der Waals surface area contributed by atoms with Crippen molar-refractivity contribution in [2.75, 3.05) is 0 Å². The number of alkyl halides is 9. The van der Waals surface area contributed by atoms with Gasteiger partial charge in [0.1, 0.15) is 0 Å². The van der Waals surface area contributed by atoms with E-state index in [0.717, 1.165) is 6.08 Å². The van der Waals surface area contributed by atoms with Gasteiger partial charge in [-0.25, -0.2) is 13.2 Å². The highest BCUT2D eigenvalue weighted by atomic mass is 28.3. The summed E-state index contributed by atoms with van der Waals surface area (Å²) in [5.41, 5.74) is -4.49. The van der Waals surface area contributed by atoms with Gasteiger partial charge in [0, 0.05) is 0 Å². The van der Waals surface area contributed by atoms with Crippen molar-refractivity contribution in [3.8, 4) is 0 Å². The Morgan fingerprint density at radius 1 is 0.846 bits per heavy atom. The summed E-state index contributed by atoms with van der Waals surface area (Å²) >= 11 is 0. The predicted octanol–water partition coefficient (Wildman–Crippen LogP) is 6.39. The minimum absolute atomic E-state index is 0.0972. The van der Waals surface area contributed by atoms with E-state index in [2.05, 4.69) is 0 Å². The van der Waals surface area contributed by atoms with E-state index in [-0.39, 0.29) is 6.92 Å². The molecular formula is C16H17F9Si. The molecule has 0 fully saturated rings. The van der Waals surface area contributed by atoms with Crippen molar-refractivity contribution in [2.24, 2.45) is 0 Å². The molecule has 0 aromatic heterocycles. The third-order valence-corrected chi connectivity index (χ3v) is 6.94. The molecule has 1 aromatic rings. The number of hydrogen-bond donors (Lipinski definition) is 0. The number of halogens is 9. The Bertz CT molecular complexity index is 636. The third kappa shape index (κ3) is 3.52. The van der Waals surface area contributed by atoms with Crippen molar-refractivity contribution in [2.45, 2.75) is 49.5 Å². The molecule has 1 rings (SSSR count). The molecule has 0 saturated carbocycles. The van der Waals surface area contributed by atoms with Gasteiger partial charge >= 0.3 is 17.8 Å². The van der Waals surface area contributed by atoms with Crippen molar-refractivity contribution < 1.29 is 39.5 Å². The molecule has 1 aromatic carbocycles. The molecule has 0 radical (unpaired) electrons. The number of rotatable bonds is 7. The molecular weight excluding hydrogens is 391 g/mol. The van der Waals surface area contributed by atoms with Crippen LogP contribution < -0.4 is 0 Å². The standard InChI is InChI=1S/C16H17F9Si/c1-11(17)13(18,19)14(20,21)15(22,23)16(24,25)26(2,3)10-9-12-7-5-4-6-8-12/h4-11H,1-3H3. The zero-order chi connectivity index (χ0) is 20.6. The van der Waals surface area contributed by atoms with Crippen LogP contribution >= 0.6 is 0 Å². The average Bonchev–Trinajstić information content (AvgIpc) is 2.53. The van der Waals surface area contributed by atoms with Gasteiger partial charge in [0.15, 0.2) is 14.2 Å². The first kappa shape index (κ1) is 22.6. The summed E-state index contributed by atoms with van der Waals surface area (Å²) in [4.78, 5) is 0. The molecule has 1 atom stereocenters. The smallest absolute Gasteiger partial charge is 0.241 e. The van der Waals surface area contributed by atoms with Crippen LogP contribution in [0.3, 0.4) is 0 Å². The van der Waals surface area contributed by atoms with Gasteiger partial charge in [0.25, 0.3) is 5.55 Å². The number of hydrogen-bond acceptors (Lipinski definition) is 0. The summed E-state index contributed by atoms with van der Waals surface area (Å²) in [6.07, 6.45) is -2.71. The quantitative estimate of drug-likeness (QED) is 0.363. The first-order valence-electron chi connectivity index (χ1n) is 7.42. The van der Waals surface area contributed by atoms with Crippen molar-refractivity contribution in [1.29, 1.82) is 0 Å². The zero-order valence-corrected chi connectivity index (χ0v) is 15.0. The van der Waals surface area contributed by atoms with Gasteiger partial charge in [-0.05, 0) is 12.5 Å². The van der Waals surface area contributed by atoms with E-state index in [9.17, 15) is 39.5 Å². The fraction of sp³-hybridized carbons (Fsp3) is 0.500. The second-order valence-corrected chi connectivity index (χ2v) is 10.8. The van der Waals surface area contributed by atoms with Crippen LogP contribution in [0.4, 0.5) is 39.5 Å². The lowest BCUT2D eigenvalue weighted by Gasteiger charge is -2.41. The Morgan fingerprint density at radius 2 is 1.31 bits per heavy atom. The van der Waals surface area contributed by atoms with E-state index in [1.54, 1.807) is 6.07 Å². The van der Waals surface area contributed by atoms with Gasteiger partial charge in [-0.15, -0.1) is 0 Å².